The minimum Gasteiger partial charge on any atom is -0.375 e. The van der Waals surface area contributed by atoms with E-state index in [4.69, 9.17) is 18.9 Å². The van der Waals surface area contributed by atoms with Gasteiger partial charge in [0.2, 0.25) is 5.79 Å². The van der Waals surface area contributed by atoms with Crippen molar-refractivity contribution in [1.29, 1.82) is 0 Å². The summed E-state index contributed by atoms with van der Waals surface area (Å²) in [5, 5.41) is 19.3. The average Bonchev–Trinajstić information content (AvgIpc) is 3.30. The molecule has 1 aliphatic rings. The van der Waals surface area contributed by atoms with E-state index in [1.165, 1.54) is 6.33 Å². The maximum atomic E-state index is 12.0. The molecular formula is C22H30N4O5. The fraction of sp³-hybridized carbons (Fsp3) is 0.455. The van der Waals surface area contributed by atoms with Gasteiger partial charge in [0.1, 0.15) is 29.7 Å². The van der Waals surface area contributed by atoms with E-state index in [9.17, 15) is 5.11 Å². The second-order valence-electron chi connectivity index (χ2n) is 7.25. The second kappa shape index (κ2) is 9.71. The number of aliphatic hydroxyl groups is 1. The van der Waals surface area contributed by atoms with Crippen molar-refractivity contribution in [3.63, 3.8) is 0 Å². The van der Waals surface area contributed by atoms with Crippen molar-refractivity contribution >= 4 is 11.3 Å². The summed E-state index contributed by atoms with van der Waals surface area (Å²) in [5.41, 5.74) is -0.254. The summed E-state index contributed by atoms with van der Waals surface area (Å²) in [4.78, 5) is 4.22. The fourth-order valence-corrected chi connectivity index (χ4v) is 3.88. The largest absolute Gasteiger partial charge is 0.375 e. The first kappa shape index (κ1) is 23.1. The molecule has 0 radical (unpaired) electrons. The van der Waals surface area contributed by atoms with Gasteiger partial charge in [-0.05, 0) is 19.1 Å². The van der Waals surface area contributed by atoms with Gasteiger partial charge in [-0.3, -0.25) is 0 Å². The molecule has 0 aromatic carbocycles. The highest BCUT2D eigenvalue weighted by molar-refractivity contribution is 5.68. The number of rotatable bonds is 12. The normalized spacial score (nSPS) is 28.0. The zero-order valence-electron chi connectivity index (χ0n) is 18.0. The Labute approximate surface area is 182 Å². The Morgan fingerprint density at radius 1 is 1.23 bits per heavy atom. The van der Waals surface area contributed by atoms with Crippen molar-refractivity contribution in [2.24, 2.45) is 0 Å². The van der Waals surface area contributed by atoms with Crippen LogP contribution in [0.15, 0.2) is 56.4 Å². The minimum absolute atomic E-state index is 0.170. The lowest BCUT2D eigenvalue weighted by Crippen LogP contribution is -2.56. The maximum absolute atomic E-state index is 12.0. The number of aromatic nitrogens is 3. The standard InChI is InChI=1S/C22H30N4O5/c1-6-11-28-14-17-19(29-12-7-2)21(4,30-13-8-3)22(27,31-17)18-10-9-16-20(23-5)24-15-25-26(16)18/h6-10,15,17,19,27H,1-3,11-14H2,4-5H3,(H,23,24,25)/t17?,19-,21-,22?/m1/s1. The topological polar surface area (TPSA) is 99.4 Å². The summed E-state index contributed by atoms with van der Waals surface area (Å²) in [6.45, 7) is 13.8. The molecule has 3 rings (SSSR count). The Balaban J connectivity index is 2.11. The van der Waals surface area contributed by atoms with Crippen LogP contribution in [0.5, 0.6) is 0 Å². The van der Waals surface area contributed by atoms with Crippen LogP contribution < -0.4 is 5.32 Å². The minimum atomic E-state index is -1.91. The highest BCUT2D eigenvalue weighted by Gasteiger charge is 2.66. The molecule has 2 unspecified atom stereocenters. The van der Waals surface area contributed by atoms with E-state index in [-0.39, 0.29) is 19.8 Å². The van der Waals surface area contributed by atoms with Gasteiger partial charge in [0.25, 0.3) is 0 Å². The molecule has 31 heavy (non-hydrogen) atoms. The predicted octanol–water partition coefficient (Wildman–Crippen LogP) is 2.05. The number of fused-ring (bicyclic) bond motifs is 1. The Hall–Kier alpha value is -2.56. The number of hydrogen-bond donors (Lipinski definition) is 2. The number of anilines is 1. The molecule has 0 aliphatic carbocycles. The van der Waals surface area contributed by atoms with Crippen molar-refractivity contribution in [2.45, 2.75) is 30.5 Å². The SMILES string of the molecule is C=CCOCC1OC(O)(c2ccc3c(NC)ncnn23)[C@](C)(OCC=C)[C@@H]1OCC=C. The third-order valence-electron chi connectivity index (χ3n) is 5.32. The van der Waals surface area contributed by atoms with Crippen molar-refractivity contribution < 1.29 is 24.1 Å². The Kier molecular flexibility index (Phi) is 7.24. The zero-order chi connectivity index (χ0) is 22.5. The molecule has 2 N–H and O–H groups in total. The van der Waals surface area contributed by atoms with Crippen LogP contribution in [0.3, 0.4) is 0 Å². The highest BCUT2D eigenvalue weighted by atomic mass is 16.7. The Morgan fingerprint density at radius 3 is 2.65 bits per heavy atom. The highest BCUT2D eigenvalue weighted by Crippen LogP contribution is 2.49. The van der Waals surface area contributed by atoms with Gasteiger partial charge >= 0.3 is 0 Å². The average molecular weight is 431 g/mol. The van der Waals surface area contributed by atoms with Gasteiger partial charge in [0.05, 0.1) is 26.4 Å². The lowest BCUT2D eigenvalue weighted by Gasteiger charge is -2.39. The molecule has 0 saturated carbocycles. The molecule has 9 heteroatoms. The smallest absolute Gasteiger partial charge is 0.243 e. The molecule has 1 fully saturated rings. The van der Waals surface area contributed by atoms with Crippen LogP contribution in [0.1, 0.15) is 12.6 Å². The van der Waals surface area contributed by atoms with Gasteiger partial charge in [-0.2, -0.15) is 5.10 Å². The summed E-state index contributed by atoms with van der Waals surface area (Å²) in [7, 11) is 1.76. The van der Waals surface area contributed by atoms with Crippen LogP contribution in [-0.2, 0) is 24.7 Å². The van der Waals surface area contributed by atoms with Gasteiger partial charge < -0.3 is 29.4 Å². The van der Waals surface area contributed by atoms with Crippen LogP contribution in [0.4, 0.5) is 5.82 Å². The van der Waals surface area contributed by atoms with Crippen LogP contribution in [0, 0.1) is 0 Å². The molecule has 1 aliphatic heterocycles. The fourth-order valence-electron chi connectivity index (χ4n) is 3.88. The molecule has 0 spiro atoms. The van der Waals surface area contributed by atoms with Gasteiger partial charge in [-0.1, -0.05) is 18.2 Å². The summed E-state index contributed by atoms with van der Waals surface area (Å²) >= 11 is 0. The van der Waals surface area contributed by atoms with E-state index < -0.39 is 23.6 Å². The van der Waals surface area contributed by atoms with E-state index >= 15 is 0 Å². The van der Waals surface area contributed by atoms with E-state index in [0.29, 0.717) is 23.6 Å². The van der Waals surface area contributed by atoms with Gasteiger partial charge in [0, 0.05) is 7.05 Å². The van der Waals surface area contributed by atoms with Crippen LogP contribution in [0.2, 0.25) is 0 Å². The first-order valence-electron chi connectivity index (χ1n) is 10.0. The number of hydrogen-bond acceptors (Lipinski definition) is 8. The molecule has 0 amide bonds. The molecule has 1 saturated heterocycles. The van der Waals surface area contributed by atoms with Crippen molar-refractivity contribution in [3.8, 4) is 0 Å². The Bertz CT molecular complexity index is 932. The summed E-state index contributed by atoms with van der Waals surface area (Å²) in [6.07, 6.45) is 4.98. The van der Waals surface area contributed by atoms with Gasteiger partial charge in [-0.15, -0.1) is 19.7 Å². The van der Waals surface area contributed by atoms with Crippen molar-refractivity contribution in [2.75, 3.05) is 38.8 Å². The van der Waals surface area contributed by atoms with Crippen LogP contribution in [-0.4, -0.2) is 71.0 Å². The molecule has 3 heterocycles. The first-order chi connectivity index (χ1) is 15.0. The zero-order valence-corrected chi connectivity index (χ0v) is 18.0. The lowest BCUT2D eigenvalue weighted by atomic mass is 9.87. The summed E-state index contributed by atoms with van der Waals surface area (Å²) in [6, 6.07) is 3.54. The molecule has 4 atom stereocenters. The van der Waals surface area contributed by atoms with Gasteiger partial charge in [-0.25, -0.2) is 9.50 Å². The quantitative estimate of drug-likeness (QED) is 0.390. The predicted molar refractivity (Wildman–Crippen MR) is 117 cm³/mol. The van der Waals surface area contributed by atoms with E-state index in [0.717, 1.165) is 0 Å². The summed E-state index contributed by atoms with van der Waals surface area (Å²) in [5.74, 6) is -1.29. The maximum Gasteiger partial charge on any atom is 0.243 e. The molecule has 168 valence electrons. The Morgan fingerprint density at radius 2 is 1.97 bits per heavy atom. The number of nitrogens with zero attached hydrogens (tertiary/aromatic N) is 3. The molecule has 2 aromatic heterocycles. The van der Waals surface area contributed by atoms with Crippen LogP contribution >= 0.6 is 0 Å². The third kappa shape index (κ3) is 4.02. The lowest BCUT2D eigenvalue weighted by molar-refractivity contribution is -0.288. The molecule has 9 nitrogen and oxygen atoms in total. The number of nitrogens with one attached hydrogen (secondary N) is 1. The molecule has 2 aromatic rings. The number of ether oxygens (including phenoxy) is 4. The van der Waals surface area contributed by atoms with Gasteiger partial charge in [0.15, 0.2) is 11.4 Å². The van der Waals surface area contributed by atoms with Crippen LogP contribution in [0.25, 0.3) is 5.52 Å². The van der Waals surface area contributed by atoms with E-state index in [1.54, 1.807) is 48.8 Å². The molecule has 0 bridgehead atoms. The van der Waals surface area contributed by atoms with E-state index in [1.807, 2.05) is 0 Å². The molecular weight excluding hydrogens is 400 g/mol. The second-order valence-corrected chi connectivity index (χ2v) is 7.25. The van der Waals surface area contributed by atoms with E-state index in [2.05, 4.69) is 35.1 Å². The summed E-state index contributed by atoms with van der Waals surface area (Å²) < 4.78 is 25.6. The van der Waals surface area contributed by atoms with Crippen molar-refractivity contribution in [1.82, 2.24) is 14.6 Å². The third-order valence-corrected chi connectivity index (χ3v) is 5.32. The first-order valence-corrected chi connectivity index (χ1v) is 10.0. The van der Waals surface area contributed by atoms with Crippen molar-refractivity contribution in [3.05, 3.63) is 62.1 Å². The monoisotopic (exact) mass is 430 g/mol.